The Morgan fingerprint density at radius 3 is 2.46 bits per heavy atom. The molecule has 1 fully saturated rings. The van der Waals surface area contributed by atoms with E-state index < -0.39 is 0 Å². The van der Waals surface area contributed by atoms with Gasteiger partial charge in [0, 0.05) is 38.8 Å². The zero-order valence-corrected chi connectivity index (χ0v) is 16.0. The van der Waals surface area contributed by atoms with Crippen LogP contribution in [0.15, 0.2) is 6.07 Å². The van der Waals surface area contributed by atoms with Crippen molar-refractivity contribution >= 4 is 17.8 Å². The summed E-state index contributed by atoms with van der Waals surface area (Å²) in [6.07, 6.45) is 3.06. The van der Waals surface area contributed by atoms with E-state index in [-0.39, 0.29) is 12.0 Å². The minimum absolute atomic E-state index is 0.129. The van der Waals surface area contributed by atoms with Crippen molar-refractivity contribution in [2.45, 2.75) is 40.0 Å². The van der Waals surface area contributed by atoms with Crippen molar-refractivity contribution in [2.75, 3.05) is 44.6 Å². The van der Waals surface area contributed by atoms with Crippen LogP contribution in [0.3, 0.4) is 0 Å². The number of unbranched alkanes of at least 4 members (excludes halogenated alkanes) is 2. The Morgan fingerprint density at radius 2 is 1.81 bits per heavy atom. The molecular formula is C18H29N5O3. The number of nitrogens with one attached hydrogen (secondary N) is 1. The first-order chi connectivity index (χ1) is 12.5. The van der Waals surface area contributed by atoms with E-state index in [1.807, 2.05) is 0 Å². The first-order valence-electron chi connectivity index (χ1n) is 9.35. The second kappa shape index (κ2) is 9.94. The molecule has 0 aromatic carbocycles. The van der Waals surface area contributed by atoms with E-state index in [0.29, 0.717) is 50.1 Å². The Hall–Kier alpha value is -2.38. The van der Waals surface area contributed by atoms with Gasteiger partial charge in [0.15, 0.2) is 0 Å². The highest BCUT2D eigenvalue weighted by atomic mass is 16.6. The lowest BCUT2D eigenvalue weighted by Gasteiger charge is -2.33. The number of carbonyl (C=O) groups excluding carboxylic acids is 2. The molecule has 1 N–H and O–H groups in total. The van der Waals surface area contributed by atoms with Crippen LogP contribution in [0.25, 0.3) is 0 Å². The van der Waals surface area contributed by atoms with Crippen LogP contribution in [0.1, 0.15) is 49.4 Å². The number of nitrogens with zero attached hydrogens (tertiary/aromatic N) is 4. The van der Waals surface area contributed by atoms with Gasteiger partial charge in [0.25, 0.3) is 5.91 Å². The van der Waals surface area contributed by atoms with Crippen molar-refractivity contribution in [3.63, 3.8) is 0 Å². The summed E-state index contributed by atoms with van der Waals surface area (Å²) in [7, 11) is 0. The van der Waals surface area contributed by atoms with Crippen LogP contribution in [0.2, 0.25) is 0 Å². The van der Waals surface area contributed by atoms with E-state index in [4.69, 9.17) is 4.74 Å². The topological polar surface area (TPSA) is 87.7 Å². The highest BCUT2D eigenvalue weighted by molar-refractivity contribution is 5.93. The molecule has 2 heterocycles. The third-order valence-corrected chi connectivity index (χ3v) is 4.24. The Balaban J connectivity index is 1.95. The van der Waals surface area contributed by atoms with E-state index in [1.54, 1.807) is 29.7 Å². The molecule has 1 saturated heterocycles. The summed E-state index contributed by atoms with van der Waals surface area (Å²) in [6.45, 7) is 8.79. The van der Waals surface area contributed by atoms with Crippen molar-refractivity contribution in [1.82, 2.24) is 19.8 Å². The average Bonchev–Trinajstić information content (AvgIpc) is 2.64. The molecule has 0 spiro atoms. The predicted octanol–water partition coefficient (Wildman–Crippen LogP) is 2.30. The Morgan fingerprint density at radius 1 is 1.12 bits per heavy atom. The quantitative estimate of drug-likeness (QED) is 0.748. The summed E-state index contributed by atoms with van der Waals surface area (Å²) < 4.78 is 5.00. The number of aromatic nitrogens is 2. The van der Waals surface area contributed by atoms with Gasteiger partial charge in [-0.2, -0.15) is 0 Å². The van der Waals surface area contributed by atoms with Gasteiger partial charge in [-0.15, -0.1) is 0 Å². The fourth-order valence-electron chi connectivity index (χ4n) is 2.83. The van der Waals surface area contributed by atoms with Gasteiger partial charge in [0.2, 0.25) is 0 Å². The number of ether oxygens (including phenoxy) is 1. The Kier molecular flexibility index (Phi) is 7.62. The number of piperazine rings is 1. The molecule has 0 radical (unpaired) electrons. The van der Waals surface area contributed by atoms with Gasteiger partial charge < -0.3 is 19.9 Å². The zero-order chi connectivity index (χ0) is 18.9. The molecule has 26 heavy (non-hydrogen) atoms. The molecule has 1 aromatic heterocycles. The van der Waals surface area contributed by atoms with Crippen LogP contribution in [-0.2, 0) is 4.74 Å². The lowest BCUT2D eigenvalue weighted by molar-refractivity contribution is 0.0565. The fourth-order valence-corrected chi connectivity index (χ4v) is 2.83. The van der Waals surface area contributed by atoms with Gasteiger partial charge in [-0.1, -0.05) is 19.8 Å². The number of carbonyl (C=O) groups is 2. The van der Waals surface area contributed by atoms with Crippen LogP contribution in [-0.4, -0.2) is 71.1 Å². The molecule has 1 aliphatic heterocycles. The van der Waals surface area contributed by atoms with Crippen molar-refractivity contribution in [3.05, 3.63) is 17.6 Å². The molecule has 0 unspecified atom stereocenters. The molecule has 0 aliphatic carbocycles. The monoisotopic (exact) mass is 363 g/mol. The standard InChI is InChI=1S/C18H29N5O3/c1-4-6-7-8-19-16-13-15(20-14(3)21-16)17(24)22-9-11-23(12-10-22)18(25)26-5-2/h13H,4-12H2,1-3H3,(H,19,20,21). The molecule has 8 heteroatoms. The van der Waals surface area contributed by atoms with Crippen molar-refractivity contribution in [2.24, 2.45) is 0 Å². The lowest BCUT2D eigenvalue weighted by atomic mass is 10.2. The number of aryl methyl sites for hydroxylation is 1. The second-order valence-corrected chi connectivity index (χ2v) is 6.30. The molecule has 8 nitrogen and oxygen atoms in total. The Labute approximate surface area is 154 Å². The predicted molar refractivity (Wildman–Crippen MR) is 99.3 cm³/mol. The molecule has 0 bridgehead atoms. The summed E-state index contributed by atoms with van der Waals surface area (Å²) in [5.74, 6) is 1.12. The highest BCUT2D eigenvalue weighted by Gasteiger charge is 2.26. The summed E-state index contributed by atoms with van der Waals surface area (Å²) in [4.78, 5) is 36.5. The number of amides is 2. The largest absolute Gasteiger partial charge is 0.450 e. The molecule has 0 atom stereocenters. The first-order valence-corrected chi connectivity index (χ1v) is 9.35. The van der Waals surface area contributed by atoms with Crippen LogP contribution in [0.4, 0.5) is 10.6 Å². The van der Waals surface area contributed by atoms with Crippen molar-refractivity contribution < 1.29 is 14.3 Å². The van der Waals surface area contributed by atoms with Crippen LogP contribution < -0.4 is 5.32 Å². The summed E-state index contributed by atoms with van der Waals surface area (Å²) in [5.41, 5.74) is 0.389. The third-order valence-electron chi connectivity index (χ3n) is 4.24. The number of hydrogen-bond donors (Lipinski definition) is 1. The first kappa shape index (κ1) is 19.9. The molecule has 144 valence electrons. The second-order valence-electron chi connectivity index (χ2n) is 6.30. The van der Waals surface area contributed by atoms with E-state index in [9.17, 15) is 9.59 Å². The molecule has 0 saturated carbocycles. The minimum Gasteiger partial charge on any atom is -0.450 e. The number of anilines is 1. The maximum absolute atomic E-state index is 12.8. The van der Waals surface area contributed by atoms with Crippen molar-refractivity contribution in [1.29, 1.82) is 0 Å². The van der Waals surface area contributed by atoms with Gasteiger partial charge in [-0.25, -0.2) is 14.8 Å². The summed E-state index contributed by atoms with van der Waals surface area (Å²) in [5, 5.41) is 3.26. The zero-order valence-electron chi connectivity index (χ0n) is 16.0. The Bertz CT molecular complexity index is 615. The minimum atomic E-state index is -0.323. The fraction of sp³-hybridized carbons (Fsp3) is 0.667. The summed E-state index contributed by atoms with van der Waals surface area (Å²) >= 11 is 0. The van der Waals surface area contributed by atoms with E-state index in [0.717, 1.165) is 25.8 Å². The average molecular weight is 363 g/mol. The molecule has 2 rings (SSSR count). The van der Waals surface area contributed by atoms with Gasteiger partial charge in [0.05, 0.1) is 6.61 Å². The molecule has 1 aromatic rings. The SMILES string of the molecule is CCCCCNc1cc(C(=O)N2CCN(C(=O)OCC)CC2)nc(C)n1. The van der Waals surface area contributed by atoms with E-state index in [1.165, 1.54) is 0 Å². The smallest absolute Gasteiger partial charge is 0.409 e. The molecule has 2 amide bonds. The maximum atomic E-state index is 12.8. The van der Waals surface area contributed by atoms with Crippen molar-refractivity contribution in [3.8, 4) is 0 Å². The van der Waals surface area contributed by atoms with Gasteiger partial charge in [-0.05, 0) is 20.3 Å². The lowest BCUT2D eigenvalue weighted by Crippen LogP contribution is -2.50. The van der Waals surface area contributed by atoms with Crippen LogP contribution >= 0.6 is 0 Å². The normalized spacial score (nSPS) is 14.3. The molecule has 1 aliphatic rings. The summed E-state index contributed by atoms with van der Waals surface area (Å²) in [6, 6.07) is 1.71. The van der Waals surface area contributed by atoms with Crippen LogP contribution in [0.5, 0.6) is 0 Å². The number of rotatable bonds is 7. The molecular weight excluding hydrogens is 334 g/mol. The number of hydrogen-bond acceptors (Lipinski definition) is 6. The maximum Gasteiger partial charge on any atom is 0.409 e. The third kappa shape index (κ3) is 5.57. The highest BCUT2D eigenvalue weighted by Crippen LogP contribution is 2.12. The van der Waals surface area contributed by atoms with Crippen LogP contribution in [0, 0.1) is 6.92 Å². The van der Waals surface area contributed by atoms with Gasteiger partial charge in [-0.3, -0.25) is 4.79 Å². The van der Waals surface area contributed by atoms with E-state index in [2.05, 4.69) is 22.2 Å². The van der Waals surface area contributed by atoms with E-state index >= 15 is 0 Å². The van der Waals surface area contributed by atoms with Gasteiger partial charge in [0.1, 0.15) is 17.3 Å². The van der Waals surface area contributed by atoms with Gasteiger partial charge >= 0.3 is 6.09 Å².